The summed E-state index contributed by atoms with van der Waals surface area (Å²) in [7, 11) is -2.87. The van der Waals surface area contributed by atoms with Gasteiger partial charge in [0.2, 0.25) is 0 Å². The van der Waals surface area contributed by atoms with E-state index in [2.05, 4.69) is 17.1 Å². The van der Waals surface area contributed by atoms with E-state index in [0.717, 1.165) is 37.5 Å². The molecule has 3 rings (SSSR count). The van der Waals surface area contributed by atoms with Crippen molar-refractivity contribution in [3.05, 3.63) is 35.1 Å². The van der Waals surface area contributed by atoms with E-state index in [1.165, 1.54) is 11.6 Å². The molecular weight excluding hydrogens is 468 g/mol. The maximum Gasteiger partial charge on any atom is 0.194 e. The zero-order chi connectivity index (χ0) is 17.9. The molecule has 0 saturated carbocycles. The summed E-state index contributed by atoms with van der Waals surface area (Å²) < 4.78 is 36.8. The van der Waals surface area contributed by atoms with E-state index >= 15 is 0 Å². The van der Waals surface area contributed by atoms with Crippen molar-refractivity contribution >= 4 is 39.8 Å². The number of benzene rings is 1. The molecule has 1 saturated heterocycles. The highest BCUT2D eigenvalue weighted by Crippen LogP contribution is 2.21. The number of sulfone groups is 1. The second-order valence-corrected chi connectivity index (χ2v) is 9.17. The Morgan fingerprint density at radius 3 is 2.88 bits per heavy atom. The first kappa shape index (κ1) is 21.4. The number of hydrogen-bond donors (Lipinski definition) is 1. The van der Waals surface area contributed by atoms with Gasteiger partial charge in [-0.3, -0.25) is 4.99 Å². The van der Waals surface area contributed by atoms with Crippen LogP contribution in [0.4, 0.5) is 4.39 Å². The summed E-state index contributed by atoms with van der Waals surface area (Å²) in [6.07, 6.45) is 2.54. The van der Waals surface area contributed by atoms with E-state index in [4.69, 9.17) is 4.99 Å². The summed E-state index contributed by atoms with van der Waals surface area (Å²) in [4.78, 5) is 6.84. The number of guanidine groups is 1. The second-order valence-electron chi connectivity index (χ2n) is 6.94. The Kier molecular flexibility index (Phi) is 7.69. The van der Waals surface area contributed by atoms with Crippen molar-refractivity contribution in [2.24, 2.45) is 10.9 Å². The molecule has 26 heavy (non-hydrogen) atoms. The van der Waals surface area contributed by atoms with E-state index in [9.17, 15) is 12.8 Å². The van der Waals surface area contributed by atoms with Gasteiger partial charge < -0.3 is 10.2 Å². The van der Waals surface area contributed by atoms with Gasteiger partial charge in [0, 0.05) is 26.2 Å². The molecule has 2 heterocycles. The first-order chi connectivity index (χ1) is 12.0. The monoisotopic (exact) mass is 495 g/mol. The van der Waals surface area contributed by atoms with Crippen molar-refractivity contribution < 1.29 is 12.8 Å². The van der Waals surface area contributed by atoms with Gasteiger partial charge in [-0.2, -0.15) is 0 Å². The van der Waals surface area contributed by atoms with E-state index < -0.39 is 9.84 Å². The third-order valence-corrected chi connectivity index (χ3v) is 6.68. The molecule has 1 fully saturated rings. The van der Waals surface area contributed by atoms with Crippen molar-refractivity contribution in [1.29, 1.82) is 0 Å². The maximum atomic E-state index is 13.5. The lowest BCUT2D eigenvalue weighted by Gasteiger charge is -2.32. The summed E-state index contributed by atoms with van der Waals surface area (Å²) in [5.74, 6) is 1.23. The zero-order valence-electron chi connectivity index (χ0n) is 15.1. The van der Waals surface area contributed by atoms with Crippen molar-refractivity contribution in [3.8, 4) is 0 Å². The Morgan fingerprint density at radius 2 is 2.19 bits per heavy atom. The number of nitrogens with zero attached hydrogens (tertiary/aromatic N) is 2. The lowest BCUT2D eigenvalue weighted by atomic mass is 10.00. The van der Waals surface area contributed by atoms with Gasteiger partial charge in [-0.1, -0.05) is 13.0 Å². The van der Waals surface area contributed by atoms with E-state index in [-0.39, 0.29) is 47.2 Å². The van der Waals surface area contributed by atoms with Crippen molar-refractivity contribution in [2.75, 3.05) is 31.1 Å². The van der Waals surface area contributed by atoms with Crippen LogP contribution in [0.15, 0.2) is 23.2 Å². The molecule has 0 radical (unpaired) electrons. The van der Waals surface area contributed by atoms with Gasteiger partial charge in [0.05, 0.1) is 11.5 Å². The normalized spacial score (nSPS) is 21.8. The maximum absolute atomic E-state index is 13.5. The lowest BCUT2D eigenvalue weighted by molar-refractivity contribution is 0.375. The van der Waals surface area contributed by atoms with Gasteiger partial charge >= 0.3 is 0 Å². The molecule has 8 heteroatoms. The summed E-state index contributed by atoms with van der Waals surface area (Å²) in [5, 5.41) is 3.36. The smallest absolute Gasteiger partial charge is 0.194 e. The molecule has 0 amide bonds. The van der Waals surface area contributed by atoms with Crippen LogP contribution in [-0.4, -0.2) is 50.4 Å². The molecule has 0 spiro atoms. The van der Waals surface area contributed by atoms with Crippen LogP contribution in [0.5, 0.6) is 0 Å². The molecule has 2 aliphatic rings. The van der Waals surface area contributed by atoms with Crippen LogP contribution in [0, 0.1) is 11.7 Å². The Bertz CT molecular complexity index is 755. The highest BCUT2D eigenvalue weighted by Gasteiger charge is 2.28. The third kappa shape index (κ3) is 5.55. The predicted molar refractivity (Wildman–Crippen MR) is 113 cm³/mol. The largest absolute Gasteiger partial charge is 0.356 e. The molecule has 2 aliphatic heterocycles. The number of fused-ring (bicyclic) bond motifs is 1. The Labute approximate surface area is 172 Å². The molecule has 146 valence electrons. The number of nitrogens with one attached hydrogen (secondary N) is 1. The van der Waals surface area contributed by atoms with Crippen molar-refractivity contribution in [1.82, 2.24) is 10.2 Å². The van der Waals surface area contributed by atoms with E-state index in [1.54, 1.807) is 6.07 Å². The first-order valence-electron chi connectivity index (χ1n) is 8.98. The van der Waals surface area contributed by atoms with Crippen molar-refractivity contribution in [2.45, 2.75) is 32.7 Å². The second kappa shape index (κ2) is 9.34. The van der Waals surface area contributed by atoms with Gasteiger partial charge in [-0.25, -0.2) is 12.8 Å². The molecule has 5 nitrogen and oxygen atoms in total. The van der Waals surface area contributed by atoms with Crippen LogP contribution < -0.4 is 5.32 Å². The summed E-state index contributed by atoms with van der Waals surface area (Å²) in [6.45, 7) is 4.89. The summed E-state index contributed by atoms with van der Waals surface area (Å²) in [6, 6.07) is 4.98. The average Bonchev–Trinajstić information content (AvgIpc) is 2.93. The average molecular weight is 495 g/mol. The number of rotatable bonds is 4. The zero-order valence-corrected chi connectivity index (χ0v) is 18.2. The van der Waals surface area contributed by atoms with Crippen LogP contribution >= 0.6 is 24.0 Å². The van der Waals surface area contributed by atoms with Crippen LogP contribution in [0.2, 0.25) is 0 Å². The predicted octanol–water partition coefficient (Wildman–Crippen LogP) is 2.59. The quantitative estimate of drug-likeness (QED) is 0.397. The van der Waals surface area contributed by atoms with Gasteiger partial charge in [-0.15, -0.1) is 24.0 Å². The highest BCUT2D eigenvalue weighted by molar-refractivity contribution is 14.0. The highest BCUT2D eigenvalue weighted by atomic mass is 127. The Balaban J connectivity index is 0.00000243. The summed E-state index contributed by atoms with van der Waals surface area (Å²) >= 11 is 0. The molecular formula is C18H27FIN3O2S. The molecule has 1 aromatic carbocycles. The minimum absolute atomic E-state index is 0. The van der Waals surface area contributed by atoms with E-state index in [1.807, 2.05) is 6.07 Å². The van der Waals surface area contributed by atoms with Gasteiger partial charge in [0.25, 0.3) is 0 Å². The lowest BCUT2D eigenvalue weighted by Crippen LogP contribution is -2.44. The minimum atomic E-state index is -2.87. The van der Waals surface area contributed by atoms with Crippen LogP contribution in [-0.2, 0) is 22.8 Å². The molecule has 1 N–H and O–H groups in total. The molecule has 1 unspecified atom stereocenters. The van der Waals surface area contributed by atoms with E-state index in [0.29, 0.717) is 19.5 Å². The fourth-order valence-corrected chi connectivity index (χ4v) is 5.29. The number of hydrogen-bond acceptors (Lipinski definition) is 3. The standard InChI is InChI=1S/C18H26FN3O2S.HI/c1-2-7-20-18(21-11-14-6-9-25(23,24)13-14)22-8-5-15-3-4-17(19)10-16(15)12-22;/h3-4,10,14H,2,5-9,11-13H2,1H3,(H,20,21);1H. The van der Waals surface area contributed by atoms with Crippen molar-refractivity contribution in [3.63, 3.8) is 0 Å². The molecule has 0 bridgehead atoms. The van der Waals surface area contributed by atoms with Gasteiger partial charge in [0.15, 0.2) is 15.8 Å². The van der Waals surface area contributed by atoms with Gasteiger partial charge in [0.1, 0.15) is 5.82 Å². The first-order valence-corrected chi connectivity index (χ1v) is 10.8. The fourth-order valence-electron chi connectivity index (χ4n) is 3.44. The van der Waals surface area contributed by atoms with Crippen LogP contribution in [0.1, 0.15) is 30.9 Å². The Hall–Kier alpha value is -0.900. The number of halogens is 2. The van der Waals surface area contributed by atoms with Crippen LogP contribution in [0.3, 0.4) is 0 Å². The SMILES string of the molecule is CCCNC(=NCC1CCS(=O)(=O)C1)N1CCc2ccc(F)cc2C1.I. The minimum Gasteiger partial charge on any atom is -0.356 e. The molecule has 0 aromatic heterocycles. The molecule has 1 aromatic rings. The Morgan fingerprint density at radius 1 is 1.38 bits per heavy atom. The summed E-state index contributed by atoms with van der Waals surface area (Å²) in [5.41, 5.74) is 2.19. The third-order valence-electron chi connectivity index (χ3n) is 4.84. The fraction of sp³-hybridized carbons (Fsp3) is 0.611. The van der Waals surface area contributed by atoms with Gasteiger partial charge in [-0.05, 0) is 48.4 Å². The number of aliphatic imine (C=N–C) groups is 1. The molecule has 0 aliphatic carbocycles. The topological polar surface area (TPSA) is 61.8 Å². The van der Waals surface area contributed by atoms with Crippen LogP contribution in [0.25, 0.3) is 0 Å². The molecule has 1 atom stereocenters.